The fraction of sp³-hybridized carbons (Fsp3) is 0.394. The molecule has 1 saturated carbocycles. The SMILES string of the molecule is CC[C@@H](C(=O)NC1CCCC1)N(CCc1ccccc1)C(=O)CN(c1ccc(F)cc1)S(=O)(=O)c1ccc2c(c1)OCCO2. The van der Waals surface area contributed by atoms with Gasteiger partial charge in [0.15, 0.2) is 11.5 Å². The van der Waals surface area contributed by atoms with E-state index in [1.807, 2.05) is 37.3 Å². The molecule has 1 N–H and O–H groups in total. The van der Waals surface area contributed by atoms with Crippen LogP contribution >= 0.6 is 0 Å². The molecule has 0 spiro atoms. The average molecular weight is 624 g/mol. The molecule has 2 aliphatic rings. The first-order valence-corrected chi connectivity index (χ1v) is 16.5. The van der Waals surface area contributed by atoms with Gasteiger partial charge in [-0.05, 0) is 67.6 Å². The van der Waals surface area contributed by atoms with Crippen molar-refractivity contribution in [2.45, 2.75) is 62.4 Å². The molecule has 44 heavy (non-hydrogen) atoms. The second-order valence-corrected chi connectivity index (χ2v) is 12.9. The van der Waals surface area contributed by atoms with Crippen molar-refractivity contribution in [1.29, 1.82) is 0 Å². The number of hydrogen-bond donors (Lipinski definition) is 1. The van der Waals surface area contributed by atoms with Crippen LogP contribution in [0.25, 0.3) is 0 Å². The molecular weight excluding hydrogens is 585 g/mol. The number of anilines is 1. The molecule has 0 radical (unpaired) electrons. The van der Waals surface area contributed by atoms with Gasteiger partial charge in [-0.25, -0.2) is 12.8 Å². The largest absolute Gasteiger partial charge is 0.486 e. The van der Waals surface area contributed by atoms with Crippen LogP contribution in [0.5, 0.6) is 11.5 Å². The normalized spacial score (nSPS) is 15.4. The molecule has 1 heterocycles. The van der Waals surface area contributed by atoms with Gasteiger partial charge in [0.05, 0.1) is 10.6 Å². The Morgan fingerprint density at radius 3 is 2.32 bits per heavy atom. The fourth-order valence-corrected chi connectivity index (χ4v) is 7.14. The maximum atomic E-state index is 14.2. The summed E-state index contributed by atoms with van der Waals surface area (Å²) in [5.74, 6) is -0.632. The third-order valence-corrected chi connectivity index (χ3v) is 9.84. The molecule has 0 aromatic heterocycles. The van der Waals surface area contributed by atoms with Crippen molar-refractivity contribution < 1.29 is 31.9 Å². The monoisotopic (exact) mass is 623 g/mol. The molecule has 0 bridgehead atoms. The van der Waals surface area contributed by atoms with Gasteiger partial charge in [-0.2, -0.15) is 0 Å². The Morgan fingerprint density at radius 1 is 0.955 bits per heavy atom. The summed E-state index contributed by atoms with van der Waals surface area (Å²) in [6, 6.07) is 18.1. The first kappa shape index (κ1) is 31.3. The van der Waals surface area contributed by atoms with E-state index >= 15 is 0 Å². The van der Waals surface area contributed by atoms with E-state index in [2.05, 4.69) is 5.32 Å². The van der Waals surface area contributed by atoms with E-state index < -0.39 is 34.3 Å². The van der Waals surface area contributed by atoms with Crippen molar-refractivity contribution in [1.82, 2.24) is 10.2 Å². The molecule has 3 aromatic carbocycles. The molecule has 1 aliphatic carbocycles. The molecule has 3 aromatic rings. The molecule has 9 nitrogen and oxygen atoms in total. The number of ether oxygens (including phenoxy) is 2. The van der Waals surface area contributed by atoms with Crippen LogP contribution in [0.15, 0.2) is 77.7 Å². The van der Waals surface area contributed by atoms with Gasteiger partial charge >= 0.3 is 0 Å². The highest BCUT2D eigenvalue weighted by Crippen LogP contribution is 2.34. The summed E-state index contributed by atoms with van der Waals surface area (Å²) in [5.41, 5.74) is 1.09. The Balaban J connectivity index is 1.47. The molecule has 0 unspecified atom stereocenters. The van der Waals surface area contributed by atoms with Crippen LogP contribution in [0, 0.1) is 5.82 Å². The van der Waals surface area contributed by atoms with Crippen molar-refractivity contribution in [3.05, 3.63) is 84.2 Å². The molecule has 0 saturated heterocycles. The minimum Gasteiger partial charge on any atom is -0.486 e. The Bertz CT molecular complexity index is 1550. The van der Waals surface area contributed by atoms with Gasteiger partial charge in [-0.3, -0.25) is 13.9 Å². The quantitative estimate of drug-likeness (QED) is 0.314. The second-order valence-electron chi connectivity index (χ2n) is 11.0. The van der Waals surface area contributed by atoms with Crippen molar-refractivity contribution >= 4 is 27.5 Å². The van der Waals surface area contributed by atoms with Gasteiger partial charge in [0, 0.05) is 18.7 Å². The number of sulfonamides is 1. The molecule has 11 heteroatoms. The summed E-state index contributed by atoms with van der Waals surface area (Å²) in [5, 5.41) is 3.11. The predicted molar refractivity (Wildman–Crippen MR) is 165 cm³/mol. The number of hydrogen-bond acceptors (Lipinski definition) is 6. The lowest BCUT2D eigenvalue weighted by molar-refractivity contribution is -0.139. The van der Waals surface area contributed by atoms with Gasteiger partial charge < -0.3 is 19.7 Å². The molecule has 234 valence electrons. The Morgan fingerprint density at radius 2 is 1.64 bits per heavy atom. The molecule has 1 atom stereocenters. The van der Waals surface area contributed by atoms with E-state index in [0.717, 1.165) is 47.7 Å². The fourth-order valence-electron chi connectivity index (χ4n) is 5.71. The van der Waals surface area contributed by atoms with Crippen LogP contribution in [0.1, 0.15) is 44.6 Å². The molecule has 1 aliphatic heterocycles. The maximum Gasteiger partial charge on any atom is 0.264 e. The minimum atomic E-state index is -4.34. The summed E-state index contributed by atoms with van der Waals surface area (Å²) >= 11 is 0. The zero-order valence-electron chi connectivity index (χ0n) is 24.8. The maximum absolute atomic E-state index is 14.2. The van der Waals surface area contributed by atoms with E-state index in [-0.39, 0.29) is 41.4 Å². The highest BCUT2D eigenvalue weighted by molar-refractivity contribution is 7.92. The van der Waals surface area contributed by atoms with Crippen molar-refractivity contribution in [2.75, 3.05) is 30.6 Å². The van der Waals surface area contributed by atoms with Crippen LogP contribution in [0.3, 0.4) is 0 Å². The number of halogens is 1. The van der Waals surface area contributed by atoms with Crippen molar-refractivity contribution in [3.63, 3.8) is 0 Å². The predicted octanol–water partition coefficient (Wildman–Crippen LogP) is 4.70. The third-order valence-electron chi connectivity index (χ3n) is 8.07. The number of benzene rings is 3. The molecular formula is C33H38FN3O6S. The minimum absolute atomic E-state index is 0.0638. The summed E-state index contributed by atoms with van der Waals surface area (Å²) in [7, 11) is -4.34. The lowest BCUT2D eigenvalue weighted by atomic mass is 10.1. The van der Waals surface area contributed by atoms with Gasteiger partial charge in [-0.1, -0.05) is 50.1 Å². The Hall–Kier alpha value is -4.12. The van der Waals surface area contributed by atoms with Gasteiger partial charge in [0.2, 0.25) is 11.8 Å². The van der Waals surface area contributed by atoms with Crippen molar-refractivity contribution in [2.24, 2.45) is 0 Å². The summed E-state index contributed by atoms with van der Waals surface area (Å²) in [4.78, 5) is 29.1. The number of amides is 2. The summed E-state index contributed by atoms with van der Waals surface area (Å²) < 4.78 is 54.3. The zero-order valence-corrected chi connectivity index (χ0v) is 25.6. The first-order chi connectivity index (χ1) is 21.3. The number of fused-ring (bicyclic) bond motifs is 1. The van der Waals surface area contributed by atoms with Gasteiger partial charge in [-0.15, -0.1) is 0 Å². The number of rotatable bonds is 12. The average Bonchev–Trinajstić information content (AvgIpc) is 3.55. The van der Waals surface area contributed by atoms with E-state index in [4.69, 9.17) is 9.47 Å². The lowest BCUT2D eigenvalue weighted by Crippen LogP contribution is -2.54. The molecule has 1 fully saturated rings. The van der Waals surface area contributed by atoms with E-state index in [1.54, 1.807) is 0 Å². The topological polar surface area (TPSA) is 105 Å². The number of nitrogens with zero attached hydrogens (tertiary/aromatic N) is 2. The number of carbonyl (C=O) groups excluding carboxylic acids is 2. The van der Waals surface area contributed by atoms with E-state index in [1.165, 1.54) is 35.2 Å². The second kappa shape index (κ2) is 14.1. The molecule has 5 rings (SSSR count). The van der Waals surface area contributed by atoms with Crippen LogP contribution in [-0.2, 0) is 26.0 Å². The summed E-state index contributed by atoms with van der Waals surface area (Å²) in [6.07, 6.45) is 4.71. The van der Waals surface area contributed by atoms with Crippen LogP contribution < -0.4 is 19.1 Å². The van der Waals surface area contributed by atoms with E-state index in [9.17, 15) is 22.4 Å². The van der Waals surface area contributed by atoms with Crippen LogP contribution in [0.2, 0.25) is 0 Å². The van der Waals surface area contributed by atoms with Crippen molar-refractivity contribution in [3.8, 4) is 11.5 Å². The Kier molecular flexibility index (Phi) is 10.0. The number of nitrogens with one attached hydrogen (secondary N) is 1. The van der Waals surface area contributed by atoms with Crippen LogP contribution in [0.4, 0.5) is 10.1 Å². The number of carbonyl (C=O) groups is 2. The molecule has 2 amide bonds. The zero-order chi connectivity index (χ0) is 31.1. The highest BCUT2D eigenvalue weighted by Gasteiger charge is 2.35. The van der Waals surface area contributed by atoms with E-state index in [0.29, 0.717) is 25.2 Å². The van der Waals surface area contributed by atoms with Gasteiger partial charge in [0.25, 0.3) is 10.0 Å². The first-order valence-electron chi connectivity index (χ1n) is 15.1. The lowest BCUT2D eigenvalue weighted by Gasteiger charge is -2.34. The van der Waals surface area contributed by atoms with Crippen LogP contribution in [-0.4, -0.2) is 63.5 Å². The smallest absolute Gasteiger partial charge is 0.264 e. The summed E-state index contributed by atoms with van der Waals surface area (Å²) in [6.45, 7) is 2.08. The Labute approximate surface area is 258 Å². The highest BCUT2D eigenvalue weighted by atomic mass is 32.2. The standard InChI is InChI=1S/C33H38FN3O6S/c1-2-29(33(39)35-26-10-6-7-11-26)36(19-18-24-8-4-3-5-9-24)32(38)23-37(27-14-12-25(34)13-15-27)44(40,41)28-16-17-30-31(22-28)43-21-20-42-30/h3-5,8-9,12-17,22,26,29H,2,6-7,10-11,18-21,23H2,1H3,(H,35,39)/t29-/m0/s1. The third kappa shape index (κ3) is 7.32. The van der Waals surface area contributed by atoms with Gasteiger partial charge in [0.1, 0.15) is 31.6 Å².